The summed E-state index contributed by atoms with van der Waals surface area (Å²) >= 11 is 36.6. The maximum Gasteiger partial charge on any atom is 0.330 e. The summed E-state index contributed by atoms with van der Waals surface area (Å²) < 4.78 is 5.21. The third-order valence-corrected chi connectivity index (χ3v) is 8.18. The van der Waals surface area contributed by atoms with E-state index in [4.69, 9.17) is 74.3 Å². The normalized spacial score (nSPS) is 13.4. The molecule has 0 bridgehead atoms. The molecule has 0 radical (unpaired) electrons. The van der Waals surface area contributed by atoms with Gasteiger partial charge in [-0.1, -0.05) is 106 Å². The number of nitrogens with zero attached hydrogens (tertiary/aromatic N) is 1. The number of fused-ring (bicyclic) bond motifs is 1. The molecule has 1 N–H and O–H groups in total. The first-order chi connectivity index (χ1) is 18.0. The number of hydrogen-bond donors (Lipinski definition) is 1. The predicted molar refractivity (Wildman–Crippen MR) is 147 cm³/mol. The Morgan fingerprint density at radius 3 is 1.92 bits per heavy atom. The van der Waals surface area contributed by atoms with Crippen LogP contribution in [0.3, 0.4) is 0 Å². The monoisotopic (exact) mass is 632 g/mol. The standard InChI is InChI=1S/C25H14Cl6N2O5/c26-12-7-4-8-13(18(12)27)32-15(34)10-38-25(37)14(9-11-5-2-1-3-6-11)33-23(35)16-17(24(33)36)20(29)22(31)21(30)19(16)28/h1-8,14H,9-10H2,(H,32,34). The fraction of sp³-hybridized carbons (Fsp3) is 0.120. The van der Waals surface area contributed by atoms with Crippen molar-refractivity contribution in [2.24, 2.45) is 0 Å². The van der Waals surface area contributed by atoms with E-state index in [0.29, 0.717) is 10.5 Å². The van der Waals surface area contributed by atoms with Gasteiger partial charge < -0.3 is 10.1 Å². The molecular weight excluding hydrogens is 621 g/mol. The largest absolute Gasteiger partial charge is 0.454 e. The molecular formula is C25H14Cl6N2O5. The summed E-state index contributed by atoms with van der Waals surface area (Å²) in [6, 6.07) is 11.7. The molecule has 0 saturated heterocycles. The van der Waals surface area contributed by atoms with Crippen molar-refractivity contribution in [1.29, 1.82) is 0 Å². The Kier molecular flexibility index (Phi) is 8.77. The van der Waals surface area contributed by atoms with Crippen LogP contribution in [0.5, 0.6) is 0 Å². The Bertz CT molecular complexity index is 1430. The average molecular weight is 635 g/mol. The molecule has 1 atom stereocenters. The number of anilines is 1. The first-order valence-corrected chi connectivity index (χ1v) is 13.0. The molecule has 1 aliphatic rings. The predicted octanol–water partition coefficient (Wildman–Crippen LogP) is 7.00. The van der Waals surface area contributed by atoms with Crippen LogP contribution in [0.4, 0.5) is 5.69 Å². The van der Waals surface area contributed by atoms with Gasteiger partial charge in [-0.05, 0) is 17.7 Å². The van der Waals surface area contributed by atoms with Crippen LogP contribution < -0.4 is 5.32 Å². The van der Waals surface area contributed by atoms with Gasteiger partial charge in [0.05, 0.1) is 47.0 Å². The first-order valence-electron chi connectivity index (χ1n) is 10.7. The van der Waals surface area contributed by atoms with Crippen LogP contribution in [0.2, 0.25) is 30.1 Å². The molecule has 0 fully saturated rings. The quantitative estimate of drug-likeness (QED) is 0.131. The van der Waals surface area contributed by atoms with Crippen molar-refractivity contribution in [3.63, 3.8) is 0 Å². The molecule has 13 heteroatoms. The molecule has 1 aliphatic heterocycles. The molecule has 4 rings (SSSR count). The zero-order valence-electron chi connectivity index (χ0n) is 18.9. The van der Waals surface area contributed by atoms with Crippen molar-refractivity contribution in [2.75, 3.05) is 11.9 Å². The van der Waals surface area contributed by atoms with Crippen LogP contribution in [0.1, 0.15) is 26.3 Å². The molecule has 38 heavy (non-hydrogen) atoms. The van der Waals surface area contributed by atoms with E-state index >= 15 is 0 Å². The first kappa shape index (κ1) is 28.5. The van der Waals surface area contributed by atoms with Gasteiger partial charge >= 0.3 is 5.97 Å². The number of nitrogens with one attached hydrogen (secondary N) is 1. The van der Waals surface area contributed by atoms with E-state index in [2.05, 4.69) is 5.32 Å². The summed E-state index contributed by atoms with van der Waals surface area (Å²) in [7, 11) is 0. The van der Waals surface area contributed by atoms with E-state index in [9.17, 15) is 19.2 Å². The molecule has 3 amide bonds. The van der Waals surface area contributed by atoms with Crippen molar-refractivity contribution >= 4 is 99.0 Å². The lowest BCUT2D eigenvalue weighted by Gasteiger charge is -2.24. The number of carbonyl (C=O) groups is 4. The molecule has 0 aromatic heterocycles. The summed E-state index contributed by atoms with van der Waals surface area (Å²) in [6.07, 6.45) is -0.121. The fourth-order valence-corrected chi connectivity index (χ4v) is 5.15. The number of ether oxygens (including phenoxy) is 1. The lowest BCUT2D eigenvalue weighted by atomic mass is 10.0. The highest BCUT2D eigenvalue weighted by Gasteiger charge is 2.47. The van der Waals surface area contributed by atoms with Gasteiger partial charge in [0.1, 0.15) is 6.04 Å². The van der Waals surface area contributed by atoms with Gasteiger partial charge in [0.25, 0.3) is 17.7 Å². The molecule has 3 aromatic carbocycles. The van der Waals surface area contributed by atoms with Crippen LogP contribution >= 0.6 is 69.6 Å². The zero-order chi connectivity index (χ0) is 27.7. The van der Waals surface area contributed by atoms with Gasteiger partial charge in [0.15, 0.2) is 6.61 Å². The summed E-state index contributed by atoms with van der Waals surface area (Å²) in [5, 5.41) is 1.83. The van der Waals surface area contributed by atoms with Crippen LogP contribution in [0.15, 0.2) is 48.5 Å². The van der Waals surface area contributed by atoms with E-state index in [0.717, 1.165) is 0 Å². The van der Waals surface area contributed by atoms with E-state index in [1.54, 1.807) is 36.4 Å². The maximum absolute atomic E-state index is 13.4. The smallest absolute Gasteiger partial charge is 0.330 e. The van der Waals surface area contributed by atoms with Crippen molar-refractivity contribution < 1.29 is 23.9 Å². The van der Waals surface area contributed by atoms with Gasteiger partial charge in [-0.2, -0.15) is 0 Å². The second-order valence-corrected chi connectivity index (χ2v) is 10.2. The number of imide groups is 1. The number of hydrogen-bond acceptors (Lipinski definition) is 5. The lowest BCUT2D eigenvalue weighted by Crippen LogP contribution is -2.47. The Morgan fingerprint density at radius 1 is 0.763 bits per heavy atom. The highest BCUT2D eigenvalue weighted by atomic mass is 35.5. The number of carbonyl (C=O) groups excluding carboxylic acids is 4. The van der Waals surface area contributed by atoms with E-state index in [-0.39, 0.29) is 53.4 Å². The van der Waals surface area contributed by atoms with Gasteiger partial charge in [-0.3, -0.25) is 19.3 Å². The number of esters is 1. The van der Waals surface area contributed by atoms with E-state index in [1.807, 2.05) is 0 Å². The Hall–Kier alpha value is -2.52. The SMILES string of the molecule is O=C(COC(=O)C(Cc1ccccc1)N1C(=O)c2c(Cl)c(Cl)c(Cl)c(Cl)c2C1=O)Nc1cccc(Cl)c1Cl. The van der Waals surface area contributed by atoms with Crippen molar-refractivity contribution in [2.45, 2.75) is 12.5 Å². The number of rotatable bonds is 7. The minimum atomic E-state index is -1.47. The molecule has 1 unspecified atom stereocenters. The summed E-state index contributed by atoms with van der Waals surface area (Å²) in [6.45, 7) is -0.741. The van der Waals surface area contributed by atoms with Crippen molar-refractivity contribution in [1.82, 2.24) is 4.90 Å². The second kappa shape index (κ2) is 11.7. The Morgan fingerprint density at radius 2 is 1.34 bits per heavy atom. The Balaban J connectivity index is 1.61. The maximum atomic E-state index is 13.4. The van der Waals surface area contributed by atoms with Gasteiger partial charge in [-0.15, -0.1) is 0 Å². The second-order valence-electron chi connectivity index (χ2n) is 7.95. The number of amides is 3. The molecule has 0 saturated carbocycles. The summed E-state index contributed by atoms with van der Waals surface area (Å²) in [5.41, 5.74) is 0.249. The van der Waals surface area contributed by atoms with Gasteiger partial charge in [0, 0.05) is 6.42 Å². The fourth-order valence-electron chi connectivity index (χ4n) is 3.79. The summed E-state index contributed by atoms with van der Waals surface area (Å²) in [4.78, 5) is 53.1. The highest BCUT2D eigenvalue weighted by Crippen LogP contribution is 2.45. The number of halogens is 6. The van der Waals surface area contributed by atoms with Crippen LogP contribution in [-0.2, 0) is 20.7 Å². The topological polar surface area (TPSA) is 92.8 Å². The van der Waals surface area contributed by atoms with Gasteiger partial charge in [-0.25, -0.2) is 4.79 Å². The van der Waals surface area contributed by atoms with Gasteiger partial charge in [0.2, 0.25) is 0 Å². The van der Waals surface area contributed by atoms with E-state index in [1.165, 1.54) is 12.1 Å². The molecule has 1 heterocycles. The van der Waals surface area contributed by atoms with Crippen LogP contribution in [0, 0.1) is 0 Å². The van der Waals surface area contributed by atoms with E-state index < -0.39 is 36.3 Å². The summed E-state index contributed by atoms with van der Waals surface area (Å²) in [5.74, 6) is -3.58. The molecule has 0 spiro atoms. The Labute approximate surface area is 246 Å². The zero-order valence-corrected chi connectivity index (χ0v) is 23.4. The minimum Gasteiger partial charge on any atom is -0.454 e. The number of benzene rings is 3. The molecule has 0 aliphatic carbocycles. The lowest BCUT2D eigenvalue weighted by molar-refractivity contribution is -0.151. The van der Waals surface area contributed by atoms with Crippen LogP contribution in [0.25, 0.3) is 0 Å². The molecule has 196 valence electrons. The highest BCUT2D eigenvalue weighted by molar-refractivity contribution is 6.55. The average Bonchev–Trinajstić information content (AvgIpc) is 3.16. The van der Waals surface area contributed by atoms with Crippen LogP contribution in [-0.4, -0.2) is 41.2 Å². The minimum absolute atomic E-state index is 0.105. The van der Waals surface area contributed by atoms with Crippen molar-refractivity contribution in [3.8, 4) is 0 Å². The third-order valence-electron chi connectivity index (χ3n) is 5.56. The molecule has 7 nitrogen and oxygen atoms in total. The van der Waals surface area contributed by atoms with Crippen molar-refractivity contribution in [3.05, 3.63) is 95.4 Å². The molecule has 3 aromatic rings. The third kappa shape index (κ3) is 5.45.